The summed E-state index contributed by atoms with van der Waals surface area (Å²) in [6, 6.07) is 0. The predicted octanol–water partition coefficient (Wildman–Crippen LogP) is 1.20. The van der Waals surface area contributed by atoms with E-state index >= 15 is 0 Å². The van der Waals surface area contributed by atoms with Crippen molar-refractivity contribution in [3.05, 3.63) is 0 Å². The maximum absolute atomic E-state index is 12.6. The van der Waals surface area contributed by atoms with Crippen molar-refractivity contribution in [2.45, 2.75) is 25.4 Å². The summed E-state index contributed by atoms with van der Waals surface area (Å²) < 4.78 is 48.8. The highest BCUT2D eigenvalue weighted by atomic mass is 19.3. The van der Waals surface area contributed by atoms with Gasteiger partial charge in [0, 0.05) is 13.1 Å². The second-order valence-corrected chi connectivity index (χ2v) is 3.80. The number of likely N-dealkylation sites (tertiary alicyclic amines) is 1. The number of aliphatic hydroxyl groups excluding tert-OH is 1. The van der Waals surface area contributed by atoms with Gasteiger partial charge in [0.1, 0.15) is 0 Å². The maximum Gasteiger partial charge on any atom is 0.319 e. The number of hydrogen-bond acceptors (Lipinski definition) is 2. The summed E-state index contributed by atoms with van der Waals surface area (Å²) in [4.78, 5) is 1.17. The lowest BCUT2D eigenvalue weighted by Crippen LogP contribution is -2.41. The Morgan fingerprint density at radius 3 is 2.36 bits per heavy atom. The molecule has 84 valence electrons. The van der Waals surface area contributed by atoms with Gasteiger partial charge in [-0.05, 0) is 5.92 Å². The molecule has 1 saturated heterocycles. The minimum Gasteiger partial charge on any atom is -0.391 e. The smallest absolute Gasteiger partial charge is 0.319 e. The molecule has 2 atom stereocenters. The number of rotatable bonds is 3. The van der Waals surface area contributed by atoms with Crippen LogP contribution in [0.25, 0.3) is 0 Å². The molecule has 0 aliphatic carbocycles. The van der Waals surface area contributed by atoms with E-state index in [1.165, 1.54) is 4.90 Å². The molecular weight excluding hydrogens is 202 g/mol. The third-order valence-corrected chi connectivity index (χ3v) is 2.40. The molecule has 1 rings (SSSR count). The molecule has 6 heteroatoms. The van der Waals surface area contributed by atoms with Gasteiger partial charge in [0.2, 0.25) is 0 Å². The van der Waals surface area contributed by atoms with Crippen LogP contribution in [0.5, 0.6) is 0 Å². The Morgan fingerprint density at radius 1 is 1.43 bits per heavy atom. The molecular formula is C8H13F4NO. The Morgan fingerprint density at radius 2 is 2.00 bits per heavy atom. The lowest BCUT2D eigenvalue weighted by atomic mass is 10.1. The largest absolute Gasteiger partial charge is 0.391 e. The monoisotopic (exact) mass is 215 g/mol. The van der Waals surface area contributed by atoms with E-state index in [2.05, 4.69) is 0 Å². The zero-order valence-electron chi connectivity index (χ0n) is 7.76. The van der Waals surface area contributed by atoms with Crippen molar-refractivity contribution in [3.63, 3.8) is 0 Å². The lowest BCUT2D eigenvalue weighted by molar-refractivity contribution is -0.140. The van der Waals surface area contributed by atoms with Crippen molar-refractivity contribution in [2.24, 2.45) is 5.92 Å². The van der Waals surface area contributed by atoms with Crippen LogP contribution in [0.4, 0.5) is 17.6 Å². The average molecular weight is 215 g/mol. The molecule has 0 bridgehead atoms. The van der Waals surface area contributed by atoms with Crippen LogP contribution in [0.3, 0.4) is 0 Å². The van der Waals surface area contributed by atoms with Crippen molar-refractivity contribution in [1.82, 2.24) is 4.90 Å². The minimum atomic E-state index is -3.98. The first-order valence-electron chi connectivity index (χ1n) is 4.39. The molecule has 1 aliphatic rings. The van der Waals surface area contributed by atoms with Gasteiger partial charge in [-0.2, -0.15) is 8.78 Å². The van der Waals surface area contributed by atoms with E-state index < -0.39 is 25.0 Å². The van der Waals surface area contributed by atoms with E-state index in [0.717, 1.165) is 0 Å². The van der Waals surface area contributed by atoms with Crippen molar-refractivity contribution in [3.8, 4) is 0 Å². The zero-order valence-corrected chi connectivity index (χ0v) is 7.76. The van der Waals surface area contributed by atoms with Gasteiger partial charge in [0.05, 0.1) is 12.6 Å². The molecule has 1 aliphatic heterocycles. The molecule has 1 fully saturated rings. The van der Waals surface area contributed by atoms with Gasteiger partial charge in [-0.3, -0.25) is 4.90 Å². The summed E-state index contributed by atoms with van der Waals surface area (Å²) in [7, 11) is 0. The van der Waals surface area contributed by atoms with E-state index in [1.807, 2.05) is 0 Å². The summed E-state index contributed by atoms with van der Waals surface area (Å²) in [6.07, 6.45) is -4.33. The van der Waals surface area contributed by atoms with Crippen molar-refractivity contribution >= 4 is 0 Å². The summed E-state index contributed by atoms with van der Waals surface area (Å²) >= 11 is 0. The van der Waals surface area contributed by atoms with Gasteiger partial charge in [0.25, 0.3) is 0 Å². The second kappa shape index (κ2) is 4.02. The van der Waals surface area contributed by atoms with Crippen molar-refractivity contribution < 1.29 is 22.7 Å². The van der Waals surface area contributed by atoms with Gasteiger partial charge < -0.3 is 5.11 Å². The van der Waals surface area contributed by atoms with Gasteiger partial charge in [-0.1, -0.05) is 6.92 Å². The Hall–Kier alpha value is -0.360. The highest BCUT2D eigenvalue weighted by molar-refractivity contribution is 4.85. The number of alkyl halides is 4. The third kappa shape index (κ3) is 2.57. The molecule has 1 heterocycles. The van der Waals surface area contributed by atoms with Crippen LogP contribution in [-0.4, -0.2) is 48.1 Å². The minimum absolute atomic E-state index is 0.0451. The first-order chi connectivity index (χ1) is 6.33. The fourth-order valence-corrected chi connectivity index (χ4v) is 1.54. The first-order valence-corrected chi connectivity index (χ1v) is 4.39. The second-order valence-electron chi connectivity index (χ2n) is 3.80. The van der Waals surface area contributed by atoms with Crippen LogP contribution in [-0.2, 0) is 0 Å². The van der Waals surface area contributed by atoms with Crippen LogP contribution < -0.4 is 0 Å². The molecule has 14 heavy (non-hydrogen) atoms. The highest BCUT2D eigenvalue weighted by Crippen LogP contribution is 2.26. The molecule has 2 unspecified atom stereocenters. The third-order valence-electron chi connectivity index (χ3n) is 2.40. The van der Waals surface area contributed by atoms with E-state index in [9.17, 15) is 22.7 Å². The van der Waals surface area contributed by atoms with Gasteiger partial charge >= 0.3 is 12.3 Å². The van der Waals surface area contributed by atoms with Crippen LogP contribution >= 0.6 is 0 Å². The normalized spacial score (nSPS) is 30.2. The summed E-state index contributed by atoms with van der Waals surface area (Å²) in [6.45, 7) is 1.00. The summed E-state index contributed by atoms with van der Waals surface area (Å²) in [5.41, 5.74) is 0. The number of halogens is 4. The van der Waals surface area contributed by atoms with Crippen molar-refractivity contribution in [2.75, 3.05) is 19.6 Å². The molecule has 0 radical (unpaired) electrons. The van der Waals surface area contributed by atoms with Gasteiger partial charge in [-0.15, -0.1) is 0 Å². The van der Waals surface area contributed by atoms with Crippen LogP contribution in [0, 0.1) is 5.92 Å². The predicted molar refractivity (Wildman–Crippen MR) is 42.6 cm³/mol. The fraction of sp³-hybridized carbons (Fsp3) is 1.00. The maximum atomic E-state index is 12.6. The summed E-state index contributed by atoms with van der Waals surface area (Å²) in [5, 5.41) is 9.23. The molecule has 0 aromatic heterocycles. The zero-order chi connectivity index (χ0) is 10.9. The molecule has 0 saturated carbocycles. The van der Waals surface area contributed by atoms with Crippen LogP contribution in [0.1, 0.15) is 6.92 Å². The Bertz CT molecular complexity index is 190. The quantitative estimate of drug-likeness (QED) is 0.715. The van der Waals surface area contributed by atoms with Gasteiger partial charge in [-0.25, -0.2) is 8.78 Å². The Kier molecular flexibility index (Phi) is 3.36. The van der Waals surface area contributed by atoms with Crippen LogP contribution in [0.15, 0.2) is 0 Å². The molecule has 0 aromatic rings. The van der Waals surface area contributed by atoms with Gasteiger partial charge in [0.15, 0.2) is 0 Å². The van der Waals surface area contributed by atoms with Crippen LogP contribution in [0.2, 0.25) is 0 Å². The number of β-amino-alcohol motifs (C(OH)–C–C–N with tert-alkyl or cyclic N) is 1. The highest BCUT2D eigenvalue weighted by Gasteiger charge is 2.44. The van der Waals surface area contributed by atoms with E-state index in [0.29, 0.717) is 0 Å². The molecule has 2 nitrogen and oxygen atoms in total. The van der Waals surface area contributed by atoms with E-state index in [-0.39, 0.29) is 19.0 Å². The Labute approximate surface area is 79.5 Å². The average Bonchev–Trinajstić information content (AvgIpc) is 2.29. The van der Waals surface area contributed by atoms with Crippen molar-refractivity contribution in [1.29, 1.82) is 0 Å². The van der Waals surface area contributed by atoms with E-state index in [4.69, 9.17) is 0 Å². The molecule has 1 N–H and O–H groups in total. The number of aliphatic hydroxyl groups is 1. The number of hydrogen-bond donors (Lipinski definition) is 1. The Balaban J connectivity index is 2.46. The van der Waals surface area contributed by atoms with E-state index in [1.54, 1.807) is 6.92 Å². The summed E-state index contributed by atoms with van der Waals surface area (Å²) in [5.74, 6) is -4.12. The molecule has 0 amide bonds. The standard InChI is InChI=1S/C8H13F4NO/c1-5-2-13(3-6(5)14)4-8(11,12)7(9)10/h5-7,14H,2-4H2,1H3. The fourth-order valence-electron chi connectivity index (χ4n) is 1.54. The topological polar surface area (TPSA) is 23.5 Å². The molecule has 0 aromatic carbocycles. The lowest BCUT2D eigenvalue weighted by Gasteiger charge is -2.22. The number of nitrogens with zero attached hydrogens (tertiary/aromatic N) is 1. The molecule has 0 spiro atoms. The first kappa shape index (κ1) is 11.7. The SMILES string of the molecule is CC1CN(CC(F)(F)C(F)F)CC1O.